The highest BCUT2D eigenvalue weighted by atomic mass is 15.1. The highest BCUT2D eigenvalue weighted by Crippen LogP contribution is 2.47. The van der Waals surface area contributed by atoms with Crippen molar-refractivity contribution in [2.45, 2.75) is 0 Å². The van der Waals surface area contributed by atoms with Crippen molar-refractivity contribution in [3.63, 3.8) is 0 Å². The maximum absolute atomic E-state index is 9.68. The molecule has 0 radical (unpaired) electrons. The second kappa shape index (κ2) is 14.7. The number of anilines is 6. The summed E-state index contributed by atoms with van der Waals surface area (Å²) in [5, 5.41) is 26.8. The highest BCUT2D eigenvalue weighted by Gasteiger charge is 2.21. The third-order valence-corrected chi connectivity index (χ3v) is 13.5. The van der Waals surface area contributed by atoms with E-state index in [9.17, 15) is 5.26 Å². The molecule has 0 aliphatic carbocycles. The van der Waals surface area contributed by atoms with E-state index in [1.807, 2.05) is 36.4 Å². The molecule has 0 saturated heterocycles. The van der Waals surface area contributed by atoms with E-state index in [-0.39, 0.29) is 0 Å². The quantitative estimate of drug-likeness (QED) is 0.118. The highest BCUT2D eigenvalue weighted by molar-refractivity contribution is 6.25. The third-order valence-electron chi connectivity index (χ3n) is 13.5. The SMILES string of the molecule is [C-]#[N+]c1ccc(N(c2cc3ccc4cccc5ccc(c2)c3c45)c2ccc(-c3ccc(N(c4ccc(C#N)cc4)c4cc5ccc6cccc7ccc(c4)c5c67)cc3)c3ccccc23)cc1. The fourth-order valence-electron chi connectivity index (χ4n) is 10.5. The van der Waals surface area contributed by atoms with Gasteiger partial charge in [-0.2, -0.15) is 5.26 Å². The van der Waals surface area contributed by atoms with Gasteiger partial charge in [0, 0.05) is 33.8 Å². The molecule has 0 aliphatic rings. The van der Waals surface area contributed by atoms with Crippen LogP contribution in [0.5, 0.6) is 0 Å². The van der Waals surface area contributed by atoms with Gasteiger partial charge in [-0.15, -0.1) is 0 Å². The minimum absolute atomic E-state index is 0.606. The summed E-state index contributed by atoms with van der Waals surface area (Å²) in [4.78, 5) is 8.33. The van der Waals surface area contributed by atoms with Crippen LogP contribution in [0.2, 0.25) is 0 Å². The lowest BCUT2D eigenvalue weighted by Gasteiger charge is -2.29. The van der Waals surface area contributed by atoms with Crippen LogP contribution in [0.15, 0.2) is 218 Å². The molecule has 0 heterocycles. The zero-order valence-corrected chi connectivity index (χ0v) is 35.6. The third kappa shape index (κ3) is 5.84. The van der Waals surface area contributed by atoms with Crippen LogP contribution in [0, 0.1) is 17.9 Å². The fraction of sp³-hybridized carbons (Fsp3) is 0. The van der Waals surface area contributed by atoms with E-state index in [2.05, 4.69) is 203 Å². The van der Waals surface area contributed by atoms with Crippen molar-refractivity contribution in [1.82, 2.24) is 0 Å². The smallest absolute Gasteiger partial charge is 0.187 e. The largest absolute Gasteiger partial charge is 0.310 e. The number of hydrogen-bond donors (Lipinski definition) is 0. The van der Waals surface area contributed by atoms with Gasteiger partial charge in [-0.25, -0.2) is 4.85 Å². The summed E-state index contributed by atoms with van der Waals surface area (Å²) in [6.45, 7) is 7.68. The monoisotopic (exact) mass is 836 g/mol. The standard InChI is InChI=1S/C62H36N4/c1-64-49-24-30-52(31-25-49)66(54-36-47-20-16-43-8-5-9-44-17-21-48(37-54)62(47)60(43)44)58-33-32-55(56-10-2-3-11-57(56)58)40-22-28-51(29-23-40)65(50-26-12-39(38-63)13-27-50)53-34-45-18-14-41-6-4-7-42-15-19-46(35-53)61(45)59(41)42/h2-37H. The molecule has 0 saturated carbocycles. The molecule has 4 heteroatoms. The Morgan fingerprint density at radius 3 is 1.29 bits per heavy atom. The van der Waals surface area contributed by atoms with Crippen LogP contribution in [0.25, 0.3) is 91.4 Å². The van der Waals surface area contributed by atoms with E-state index in [1.165, 1.54) is 64.6 Å². The first-order valence-electron chi connectivity index (χ1n) is 22.2. The Morgan fingerprint density at radius 1 is 0.364 bits per heavy atom. The van der Waals surface area contributed by atoms with Gasteiger partial charge in [0.1, 0.15) is 0 Å². The molecule has 0 spiro atoms. The summed E-state index contributed by atoms with van der Waals surface area (Å²) in [7, 11) is 0. The first-order valence-corrected chi connectivity index (χ1v) is 22.2. The lowest BCUT2D eigenvalue weighted by molar-refractivity contribution is 1.29. The Labute approximate surface area is 381 Å². The average Bonchev–Trinajstić information content (AvgIpc) is 3.38. The number of hydrogen-bond acceptors (Lipinski definition) is 3. The second-order valence-electron chi connectivity index (χ2n) is 17.1. The van der Waals surface area contributed by atoms with Gasteiger partial charge in [0.15, 0.2) is 5.69 Å². The number of rotatable bonds is 7. The number of fused-ring (bicyclic) bond motifs is 1. The Hall–Kier alpha value is -9.22. The van der Waals surface area contributed by atoms with E-state index >= 15 is 0 Å². The molecule has 4 nitrogen and oxygen atoms in total. The van der Waals surface area contributed by atoms with E-state index in [0.717, 1.165) is 56.0 Å². The summed E-state index contributed by atoms with van der Waals surface area (Å²) in [5.74, 6) is 0. The Bertz CT molecular complexity index is 3990. The van der Waals surface area contributed by atoms with Gasteiger partial charge >= 0.3 is 0 Å². The van der Waals surface area contributed by atoms with Gasteiger partial charge in [-0.3, -0.25) is 0 Å². The maximum Gasteiger partial charge on any atom is 0.187 e. The van der Waals surface area contributed by atoms with E-state index in [0.29, 0.717) is 11.3 Å². The lowest BCUT2D eigenvalue weighted by Crippen LogP contribution is -2.11. The minimum atomic E-state index is 0.606. The molecule has 0 atom stereocenters. The first kappa shape index (κ1) is 37.3. The van der Waals surface area contributed by atoms with Gasteiger partial charge < -0.3 is 9.80 Å². The first-order chi connectivity index (χ1) is 32.6. The average molecular weight is 837 g/mol. The van der Waals surface area contributed by atoms with Crippen LogP contribution in [0.3, 0.4) is 0 Å². The van der Waals surface area contributed by atoms with Crippen molar-refractivity contribution in [3.8, 4) is 17.2 Å². The molecular weight excluding hydrogens is 801 g/mol. The van der Waals surface area contributed by atoms with Crippen molar-refractivity contribution in [1.29, 1.82) is 5.26 Å². The van der Waals surface area contributed by atoms with Crippen molar-refractivity contribution in [2.75, 3.05) is 9.80 Å². The van der Waals surface area contributed by atoms with Crippen LogP contribution < -0.4 is 9.80 Å². The predicted octanol–water partition coefficient (Wildman–Crippen LogP) is 17.7. The molecule has 0 N–H and O–H groups in total. The fourth-order valence-corrected chi connectivity index (χ4v) is 10.5. The molecule has 13 aromatic carbocycles. The second-order valence-corrected chi connectivity index (χ2v) is 17.1. The summed E-state index contributed by atoms with van der Waals surface area (Å²) in [6.07, 6.45) is 0. The van der Waals surface area contributed by atoms with Crippen LogP contribution in [-0.2, 0) is 0 Å². The molecule has 0 unspecified atom stereocenters. The van der Waals surface area contributed by atoms with Gasteiger partial charge in [0.05, 0.1) is 23.9 Å². The van der Waals surface area contributed by atoms with Crippen LogP contribution in [0.1, 0.15) is 5.56 Å². The van der Waals surface area contributed by atoms with Crippen LogP contribution in [-0.4, -0.2) is 0 Å². The molecule has 13 aromatic rings. The minimum Gasteiger partial charge on any atom is -0.310 e. The van der Waals surface area contributed by atoms with E-state index in [1.54, 1.807) is 0 Å². The van der Waals surface area contributed by atoms with Gasteiger partial charge in [0.2, 0.25) is 0 Å². The van der Waals surface area contributed by atoms with Crippen molar-refractivity contribution in [2.24, 2.45) is 0 Å². The lowest BCUT2D eigenvalue weighted by atomic mass is 9.93. The maximum atomic E-state index is 9.68. The van der Waals surface area contributed by atoms with E-state index < -0.39 is 0 Å². The zero-order valence-electron chi connectivity index (χ0n) is 35.6. The van der Waals surface area contributed by atoms with Gasteiger partial charge in [-0.05, 0) is 160 Å². The summed E-state index contributed by atoms with van der Waals surface area (Å²) in [5.41, 5.74) is 9.58. The van der Waals surface area contributed by atoms with Gasteiger partial charge in [0.25, 0.3) is 0 Å². The number of nitrogens with zero attached hydrogens (tertiary/aromatic N) is 4. The predicted molar refractivity (Wildman–Crippen MR) is 277 cm³/mol. The van der Waals surface area contributed by atoms with Crippen molar-refractivity contribution in [3.05, 3.63) is 235 Å². The molecule has 304 valence electrons. The molecular formula is C62H36N4. The molecule has 0 aromatic heterocycles. The van der Waals surface area contributed by atoms with Crippen LogP contribution in [0.4, 0.5) is 39.8 Å². The Balaban J connectivity index is 0.941. The normalized spacial score (nSPS) is 11.6. The number of benzene rings is 13. The van der Waals surface area contributed by atoms with Crippen LogP contribution >= 0.6 is 0 Å². The molecule has 13 rings (SSSR count). The zero-order chi connectivity index (χ0) is 43.9. The van der Waals surface area contributed by atoms with E-state index in [4.69, 9.17) is 6.57 Å². The summed E-state index contributed by atoms with van der Waals surface area (Å²) < 4.78 is 0. The summed E-state index contributed by atoms with van der Waals surface area (Å²) >= 11 is 0. The number of nitriles is 1. The molecule has 0 aliphatic heterocycles. The Kier molecular flexibility index (Phi) is 8.31. The molecule has 66 heavy (non-hydrogen) atoms. The topological polar surface area (TPSA) is 34.6 Å². The molecule has 0 amide bonds. The Morgan fingerprint density at radius 2 is 0.788 bits per heavy atom. The molecule has 0 fully saturated rings. The summed E-state index contributed by atoms with van der Waals surface area (Å²) in [6, 6.07) is 80.1. The van der Waals surface area contributed by atoms with Crippen molar-refractivity contribution >= 4 is 115 Å². The molecule has 0 bridgehead atoms. The van der Waals surface area contributed by atoms with Crippen molar-refractivity contribution < 1.29 is 0 Å². The van der Waals surface area contributed by atoms with Gasteiger partial charge in [-0.1, -0.05) is 140 Å².